The molecule has 1 fully saturated rings. The molecule has 0 atom stereocenters. The Kier molecular flexibility index (Phi) is 4.85. The van der Waals surface area contributed by atoms with E-state index in [0.717, 1.165) is 0 Å². The number of hydrogen-bond acceptors (Lipinski definition) is 4. The molecule has 112 valence electrons. The Morgan fingerprint density at radius 1 is 1.38 bits per heavy atom. The second-order valence-corrected chi connectivity index (χ2v) is 5.48. The molecule has 0 aliphatic heterocycles. The molecule has 0 aromatic carbocycles. The highest BCUT2D eigenvalue weighted by molar-refractivity contribution is 6.33. The van der Waals surface area contributed by atoms with Crippen molar-refractivity contribution in [2.24, 2.45) is 0 Å². The fourth-order valence-corrected chi connectivity index (χ4v) is 2.21. The molecule has 1 aromatic rings. The molecule has 21 heavy (non-hydrogen) atoms. The van der Waals surface area contributed by atoms with Crippen LogP contribution in [-0.2, 0) is 9.53 Å². The van der Waals surface area contributed by atoms with Gasteiger partial charge >= 0.3 is 5.97 Å². The van der Waals surface area contributed by atoms with Gasteiger partial charge in [-0.15, -0.1) is 0 Å². The second kappa shape index (κ2) is 6.45. The van der Waals surface area contributed by atoms with Crippen LogP contribution in [0.2, 0.25) is 10.3 Å². The third-order valence-electron chi connectivity index (χ3n) is 3.06. The molecule has 0 spiro atoms. The van der Waals surface area contributed by atoms with Crippen LogP contribution >= 0.6 is 23.2 Å². The normalized spacial score (nSPS) is 15.8. The summed E-state index contributed by atoms with van der Waals surface area (Å²) in [6.07, 6.45) is 4.62. The summed E-state index contributed by atoms with van der Waals surface area (Å²) in [7, 11) is 0. The van der Waals surface area contributed by atoms with Gasteiger partial charge in [0, 0.05) is 5.56 Å². The predicted octanol–water partition coefficient (Wildman–Crippen LogP) is 2.77. The first-order chi connectivity index (χ1) is 9.97. The van der Waals surface area contributed by atoms with E-state index in [4.69, 9.17) is 27.9 Å². The number of ether oxygens (including phenoxy) is 1. The maximum absolute atomic E-state index is 12.2. The summed E-state index contributed by atoms with van der Waals surface area (Å²) in [5.41, 5.74) is -0.673. The first kappa shape index (κ1) is 15.8. The van der Waals surface area contributed by atoms with E-state index in [1.807, 2.05) is 6.92 Å². The molecular formula is C14H14Cl2N2O3. The van der Waals surface area contributed by atoms with E-state index in [-0.39, 0.29) is 22.5 Å². The van der Waals surface area contributed by atoms with E-state index < -0.39 is 17.4 Å². The SMILES string of the molecule is C/C=C/COC(=O)C1(NC(=O)c2cc(Cl)nc(Cl)c2)CC1. The van der Waals surface area contributed by atoms with E-state index in [2.05, 4.69) is 10.3 Å². The summed E-state index contributed by atoms with van der Waals surface area (Å²) in [6.45, 7) is 2.03. The fraction of sp³-hybridized carbons (Fsp3) is 0.357. The van der Waals surface area contributed by atoms with E-state index in [0.29, 0.717) is 12.8 Å². The van der Waals surface area contributed by atoms with Gasteiger partial charge in [0.25, 0.3) is 5.91 Å². The first-order valence-corrected chi connectivity index (χ1v) is 7.16. The van der Waals surface area contributed by atoms with Crippen LogP contribution in [0.3, 0.4) is 0 Å². The minimum absolute atomic E-state index is 0.119. The van der Waals surface area contributed by atoms with E-state index in [1.54, 1.807) is 12.2 Å². The van der Waals surface area contributed by atoms with Gasteiger partial charge in [0.15, 0.2) is 0 Å². The Labute approximate surface area is 132 Å². The van der Waals surface area contributed by atoms with Crippen molar-refractivity contribution in [1.82, 2.24) is 10.3 Å². The highest BCUT2D eigenvalue weighted by atomic mass is 35.5. The number of aromatic nitrogens is 1. The minimum atomic E-state index is -0.930. The molecule has 1 aliphatic rings. The number of hydrogen-bond donors (Lipinski definition) is 1. The molecule has 0 unspecified atom stereocenters. The quantitative estimate of drug-likeness (QED) is 0.512. The minimum Gasteiger partial charge on any atom is -0.460 e. The van der Waals surface area contributed by atoms with Crippen molar-refractivity contribution >= 4 is 35.1 Å². The molecule has 7 heteroatoms. The first-order valence-electron chi connectivity index (χ1n) is 6.41. The van der Waals surface area contributed by atoms with Crippen LogP contribution < -0.4 is 5.32 Å². The van der Waals surface area contributed by atoms with Crippen LogP contribution in [0.5, 0.6) is 0 Å². The summed E-state index contributed by atoms with van der Waals surface area (Å²) in [6, 6.07) is 2.79. The zero-order chi connectivity index (χ0) is 15.5. The number of rotatable bonds is 5. The number of carbonyl (C=O) groups excluding carboxylic acids is 2. The van der Waals surface area contributed by atoms with Gasteiger partial charge in [-0.1, -0.05) is 35.4 Å². The molecule has 1 heterocycles. The van der Waals surface area contributed by atoms with Crippen molar-refractivity contribution in [2.75, 3.05) is 6.61 Å². The third-order valence-corrected chi connectivity index (χ3v) is 3.45. The number of allylic oxidation sites excluding steroid dienone is 1. The van der Waals surface area contributed by atoms with Crippen LogP contribution in [0, 0.1) is 0 Å². The van der Waals surface area contributed by atoms with Gasteiger partial charge in [-0.3, -0.25) is 4.79 Å². The molecule has 1 amide bonds. The summed E-state index contributed by atoms with van der Waals surface area (Å²) in [5.74, 6) is -0.859. The maximum atomic E-state index is 12.2. The molecule has 0 saturated heterocycles. The predicted molar refractivity (Wildman–Crippen MR) is 79.5 cm³/mol. The van der Waals surface area contributed by atoms with Gasteiger partial charge in [-0.05, 0) is 31.9 Å². The smallest absolute Gasteiger partial charge is 0.332 e. The Bertz CT molecular complexity index is 578. The molecule has 0 bridgehead atoms. The van der Waals surface area contributed by atoms with E-state index >= 15 is 0 Å². The van der Waals surface area contributed by atoms with Crippen molar-refractivity contribution in [1.29, 1.82) is 0 Å². The van der Waals surface area contributed by atoms with Gasteiger partial charge in [-0.2, -0.15) is 0 Å². The van der Waals surface area contributed by atoms with Gasteiger partial charge in [0.1, 0.15) is 22.5 Å². The van der Waals surface area contributed by atoms with Crippen LogP contribution in [0.25, 0.3) is 0 Å². The monoisotopic (exact) mass is 328 g/mol. The van der Waals surface area contributed by atoms with Crippen LogP contribution in [-0.4, -0.2) is 29.0 Å². The zero-order valence-corrected chi connectivity index (χ0v) is 12.9. The number of nitrogens with zero attached hydrogens (tertiary/aromatic N) is 1. The van der Waals surface area contributed by atoms with Crippen LogP contribution in [0.4, 0.5) is 0 Å². The summed E-state index contributed by atoms with van der Waals surface area (Å²) in [5, 5.41) is 2.92. The molecule has 1 saturated carbocycles. The van der Waals surface area contributed by atoms with Gasteiger partial charge in [-0.25, -0.2) is 9.78 Å². The Hall–Kier alpha value is -1.59. The van der Waals surface area contributed by atoms with Crippen molar-refractivity contribution in [3.8, 4) is 0 Å². The van der Waals surface area contributed by atoms with Crippen molar-refractivity contribution < 1.29 is 14.3 Å². The molecule has 1 N–H and O–H groups in total. The van der Waals surface area contributed by atoms with E-state index in [1.165, 1.54) is 12.1 Å². The van der Waals surface area contributed by atoms with Crippen molar-refractivity contribution in [3.63, 3.8) is 0 Å². The fourth-order valence-electron chi connectivity index (χ4n) is 1.75. The van der Waals surface area contributed by atoms with Gasteiger partial charge in [0.05, 0.1) is 0 Å². The number of carbonyl (C=O) groups is 2. The Morgan fingerprint density at radius 3 is 2.52 bits per heavy atom. The lowest BCUT2D eigenvalue weighted by molar-refractivity contribution is -0.145. The highest BCUT2D eigenvalue weighted by Crippen LogP contribution is 2.37. The Morgan fingerprint density at radius 2 is 2.00 bits per heavy atom. The molecule has 1 aliphatic carbocycles. The number of halogens is 2. The topological polar surface area (TPSA) is 68.3 Å². The molecule has 5 nitrogen and oxygen atoms in total. The second-order valence-electron chi connectivity index (χ2n) is 4.70. The third kappa shape index (κ3) is 3.95. The lowest BCUT2D eigenvalue weighted by Gasteiger charge is -2.16. The lowest BCUT2D eigenvalue weighted by Crippen LogP contribution is -2.44. The van der Waals surface area contributed by atoms with E-state index in [9.17, 15) is 9.59 Å². The molecule has 1 aromatic heterocycles. The zero-order valence-electron chi connectivity index (χ0n) is 11.4. The average Bonchev–Trinajstić information content (AvgIpc) is 3.18. The van der Waals surface area contributed by atoms with Crippen LogP contribution in [0.1, 0.15) is 30.1 Å². The summed E-state index contributed by atoms with van der Waals surface area (Å²) < 4.78 is 5.09. The maximum Gasteiger partial charge on any atom is 0.332 e. The average molecular weight is 329 g/mol. The summed E-state index contributed by atoms with van der Waals surface area (Å²) in [4.78, 5) is 27.9. The standard InChI is InChI=1S/C14H14Cl2N2O3/c1-2-3-6-21-13(20)14(4-5-14)18-12(19)9-7-10(15)17-11(16)8-9/h2-3,7-8H,4-6H2,1H3,(H,18,19)/b3-2+. The number of amides is 1. The number of nitrogens with one attached hydrogen (secondary N) is 1. The van der Waals surface area contributed by atoms with Crippen molar-refractivity contribution in [3.05, 3.63) is 40.2 Å². The highest BCUT2D eigenvalue weighted by Gasteiger charge is 2.52. The molecular weight excluding hydrogens is 315 g/mol. The largest absolute Gasteiger partial charge is 0.460 e. The van der Waals surface area contributed by atoms with Crippen LogP contribution in [0.15, 0.2) is 24.3 Å². The van der Waals surface area contributed by atoms with Crippen molar-refractivity contribution in [2.45, 2.75) is 25.3 Å². The summed E-state index contributed by atoms with van der Waals surface area (Å²) >= 11 is 11.5. The molecule has 2 rings (SSSR count). The van der Waals surface area contributed by atoms with Gasteiger partial charge < -0.3 is 10.1 Å². The number of esters is 1. The van der Waals surface area contributed by atoms with Gasteiger partial charge in [0.2, 0.25) is 0 Å². The Balaban J connectivity index is 2.03. The lowest BCUT2D eigenvalue weighted by atomic mass is 10.2. The molecule has 0 radical (unpaired) electrons. The number of pyridine rings is 1.